The molecule has 0 saturated carbocycles. The van der Waals surface area contributed by atoms with Crippen molar-refractivity contribution in [2.45, 2.75) is 20.8 Å². The molecule has 0 fully saturated rings. The third kappa shape index (κ3) is 2.90. The predicted molar refractivity (Wildman–Crippen MR) is 83.2 cm³/mol. The van der Waals surface area contributed by atoms with Gasteiger partial charge in [0.15, 0.2) is 5.78 Å². The maximum atomic E-state index is 12.5. The molecule has 0 atom stereocenters. The van der Waals surface area contributed by atoms with Crippen LogP contribution in [-0.4, -0.2) is 5.78 Å². The van der Waals surface area contributed by atoms with E-state index in [0.29, 0.717) is 16.1 Å². The fourth-order valence-corrected chi connectivity index (χ4v) is 2.45. The van der Waals surface area contributed by atoms with E-state index in [4.69, 9.17) is 11.6 Å². The molecule has 0 aliphatic carbocycles. The maximum absolute atomic E-state index is 12.5. The zero-order valence-corrected chi connectivity index (χ0v) is 13.4. The molecule has 1 nitrogen and oxygen atoms in total. The number of carbonyl (C=O) groups is 1. The zero-order valence-electron chi connectivity index (χ0n) is 11.1. The van der Waals surface area contributed by atoms with Crippen molar-refractivity contribution in [3.8, 4) is 0 Å². The van der Waals surface area contributed by atoms with Gasteiger partial charge in [0.2, 0.25) is 0 Å². The van der Waals surface area contributed by atoms with Crippen LogP contribution in [0.15, 0.2) is 34.8 Å². The van der Waals surface area contributed by atoms with Gasteiger partial charge in [0.05, 0.1) is 5.02 Å². The van der Waals surface area contributed by atoms with Crippen molar-refractivity contribution in [3.05, 3.63) is 67.6 Å². The van der Waals surface area contributed by atoms with E-state index in [9.17, 15) is 4.79 Å². The number of hydrogen-bond acceptors (Lipinski definition) is 1. The molecule has 2 aromatic rings. The average molecular weight is 338 g/mol. The number of rotatable bonds is 2. The topological polar surface area (TPSA) is 17.1 Å². The van der Waals surface area contributed by atoms with Gasteiger partial charge in [-0.1, -0.05) is 27.5 Å². The number of aryl methyl sites for hydroxylation is 3. The molecule has 19 heavy (non-hydrogen) atoms. The van der Waals surface area contributed by atoms with Gasteiger partial charge in [-0.05, 0) is 67.8 Å². The first kappa shape index (κ1) is 14.3. The summed E-state index contributed by atoms with van der Waals surface area (Å²) < 4.78 is 0.996. The molecule has 0 aromatic heterocycles. The molecule has 3 heteroatoms. The molecule has 2 rings (SSSR count). The number of carbonyl (C=O) groups excluding carboxylic acids is 1. The summed E-state index contributed by atoms with van der Waals surface area (Å²) in [5, 5.41) is 0.508. The first-order valence-electron chi connectivity index (χ1n) is 5.97. The summed E-state index contributed by atoms with van der Waals surface area (Å²) in [6, 6.07) is 9.27. The SMILES string of the molecule is Cc1cc(Cl)c(C(=O)c2ccc(Br)c(C)c2)cc1C. The van der Waals surface area contributed by atoms with Crippen LogP contribution >= 0.6 is 27.5 Å². The van der Waals surface area contributed by atoms with Crippen LogP contribution in [0.25, 0.3) is 0 Å². The van der Waals surface area contributed by atoms with Gasteiger partial charge >= 0.3 is 0 Å². The summed E-state index contributed by atoms with van der Waals surface area (Å²) in [5.41, 5.74) is 4.42. The van der Waals surface area contributed by atoms with E-state index in [0.717, 1.165) is 21.2 Å². The van der Waals surface area contributed by atoms with Gasteiger partial charge in [-0.2, -0.15) is 0 Å². The monoisotopic (exact) mass is 336 g/mol. The molecule has 98 valence electrons. The molecule has 0 radical (unpaired) electrons. The number of benzene rings is 2. The van der Waals surface area contributed by atoms with Gasteiger partial charge in [-0.15, -0.1) is 0 Å². The summed E-state index contributed by atoms with van der Waals surface area (Å²) in [7, 11) is 0. The lowest BCUT2D eigenvalue weighted by Gasteiger charge is -2.09. The molecule has 0 aliphatic rings. The first-order valence-corrected chi connectivity index (χ1v) is 7.15. The lowest BCUT2D eigenvalue weighted by atomic mass is 9.98. The van der Waals surface area contributed by atoms with Crippen LogP contribution in [0.2, 0.25) is 5.02 Å². The van der Waals surface area contributed by atoms with E-state index in [1.807, 2.05) is 51.1 Å². The van der Waals surface area contributed by atoms with Crippen molar-refractivity contribution in [3.63, 3.8) is 0 Å². The minimum atomic E-state index is -0.0382. The smallest absolute Gasteiger partial charge is 0.194 e. The average Bonchev–Trinajstić information content (AvgIpc) is 2.36. The van der Waals surface area contributed by atoms with Crippen LogP contribution in [0.3, 0.4) is 0 Å². The minimum Gasteiger partial charge on any atom is -0.289 e. The van der Waals surface area contributed by atoms with Crippen molar-refractivity contribution in [2.75, 3.05) is 0 Å². The summed E-state index contributed by atoms with van der Waals surface area (Å²) in [4.78, 5) is 12.5. The molecule has 0 aliphatic heterocycles. The van der Waals surface area contributed by atoms with Gasteiger partial charge < -0.3 is 0 Å². The Morgan fingerprint density at radius 1 is 1.00 bits per heavy atom. The third-order valence-corrected chi connectivity index (χ3v) is 4.45. The van der Waals surface area contributed by atoms with Gasteiger partial charge in [0, 0.05) is 15.6 Å². The van der Waals surface area contributed by atoms with Crippen molar-refractivity contribution in [1.29, 1.82) is 0 Å². The van der Waals surface area contributed by atoms with Gasteiger partial charge in [0.25, 0.3) is 0 Å². The van der Waals surface area contributed by atoms with Crippen LogP contribution in [-0.2, 0) is 0 Å². The van der Waals surface area contributed by atoms with Crippen molar-refractivity contribution < 1.29 is 4.79 Å². The van der Waals surface area contributed by atoms with E-state index in [1.54, 1.807) is 0 Å². The Hall–Kier alpha value is -1.12. The standard InChI is InChI=1S/C16H14BrClO/c1-9-7-13(15(18)8-10(9)2)16(19)12-4-5-14(17)11(3)6-12/h4-8H,1-3H3. The fraction of sp³-hybridized carbons (Fsp3) is 0.188. The molecular formula is C16H14BrClO. The molecule has 0 amide bonds. The Balaban J connectivity index is 2.49. The van der Waals surface area contributed by atoms with Crippen LogP contribution in [0.4, 0.5) is 0 Å². The Labute approximate surface area is 126 Å². The Morgan fingerprint density at radius 3 is 2.26 bits per heavy atom. The Kier molecular flexibility index (Phi) is 4.12. The van der Waals surface area contributed by atoms with E-state index >= 15 is 0 Å². The highest BCUT2D eigenvalue weighted by Crippen LogP contribution is 2.25. The van der Waals surface area contributed by atoms with Crippen LogP contribution in [0.5, 0.6) is 0 Å². The van der Waals surface area contributed by atoms with E-state index in [2.05, 4.69) is 15.9 Å². The lowest BCUT2D eigenvalue weighted by molar-refractivity contribution is 0.103. The highest BCUT2D eigenvalue weighted by molar-refractivity contribution is 9.10. The van der Waals surface area contributed by atoms with Crippen molar-refractivity contribution in [2.24, 2.45) is 0 Å². The first-order chi connectivity index (χ1) is 8.90. The van der Waals surface area contributed by atoms with Crippen LogP contribution < -0.4 is 0 Å². The summed E-state index contributed by atoms with van der Waals surface area (Å²) in [6.45, 7) is 5.93. The van der Waals surface area contributed by atoms with Crippen LogP contribution in [0.1, 0.15) is 32.6 Å². The second kappa shape index (κ2) is 5.48. The van der Waals surface area contributed by atoms with Crippen LogP contribution in [0, 0.1) is 20.8 Å². The molecule has 0 N–H and O–H groups in total. The summed E-state index contributed by atoms with van der Waals surface area (Å²) in [5.74, 6) is -0.0382. The molecular weight excluding hydrogens is 324 g/mol. The predicted octanol–water partition coefficient (Wildman–Crippen LogP) is 5.26. The van der Waals surface area contributed by atoms with E-state index in [-0.39, 0.29) is 5.78 Å². The number of hydrogen-bond donors (Lipinski definition) is 0. The lowest BCUT2D eigenvalue weighted by Crippen LogP contribution is -2.04. The zero-order chi connectivity index (χ0) is 14.2. The number of halogens is 2. The van der Waals surface area contributed by atoms with Crippen molar-refractivity contribution in [1.82, 2.24) is 0 Å². The highest BCUT2D eigenvalue weighted by atomic mass is 79.9. The molecule has 0 spiro atoms. The second-order valence-corrected chi connectivity index (χ2v) is 5.97. The molecule has 2 aromatic carbocycles. The second-order valence-electron chi connectivity index (χ2n) is 4.71. The quantitative estimate of drug-likeness (QED) is 0.683. The van der Waals surface area contributed by atoms with Crippen molar-refractivity contribution >= 4 is 33.3 Å². The van der Waals surface area contributed by atoms with E-state index in [1.165, 1.54) is 0 Å². The molecule has 0 unspecified atom stereocenters. The minimum absolute atomic E-state index is 0.0382. The fourth-order valence-electron chi connectivity index (χ4n) is 1.90. The largest absolute Gasteiger partial charge is 0.289 e. The van der Waals surface area contributed by atoms with Gasteiger partial charge in [-0.25, -0.2) is 0 Å². The van der Waals surface area contributed by atoms with Gasteiger partial charge in [-0.3, -0.25) is 4.79 Å². The van der Waals surface area contributed by atoms with E-state index < -0.39 is 0 Å². The Morgan fingerprint density at radius 2 is 1.63 bits per heavy atom. The molecule has 0 bridgehead atoms. The summed E-state index contributed by atoms with van der Waals surface area (Å²) in [6.07, 6.45) is 0. The number of ketones is 1. The summed E-state index contributed by atoms with van der Waals surface area (Å²) >= 11 is 9.62. The molecule has 0 heterocycles. The third-order valence-electron chi connectivity index (χ3n) is 3.25. The normalized spacial score (nSPS) is 10.6. The highest BCUT2D eigenvalue weighted by Gasteiger charge is 2.14. The van der Waals surface area contributed by atoms with Gasteiger partial charge in [0.1, 0.15) is 0 Å². The molecule has 0 saturated heterocycles. The maximum Gasteiger partial charge on any atom is 0.194 e. The Bertz CT molecular complexity index is 662.